The van der Waals surface area contributed by atoms with E-state index in [1.807, 2.05) is 0 Å². The SMILES string of the molecule is O=C(NC1CC1)NC1CCN(C(=O)c2cc(C(=O)c3ccco3)c[nH]2)C1. The van der Waals surface area contributed by atoms with Gasteiger partial charge in [-0.05, 0) is 37.5 Å². The second kappa shape index (κ2) is 6.70. The molecule has 136 valence electrons. The van der Waals surface area contributed by atoms with Crippen LogP contribution in [0.1, 0.15) is 45.9 Å². The average molecular weight is 356 g/mol. The first kappa shape index (κ1) is 16.4. The summed E-state index contributed by atoms with van der Waals surface area (Å²) in [6, 6.07) is 4.84. The van der Waals surface area contributed by atoms with Crippen LogP contribution in [0, 0.1) is 0 Å². The van der Waals surface area contributed by atoms with Crippen LogP contribution in [0.15, 0.2) is 35.1 Å². The number of carbonyl (C=O) groups is 3. The number of likely N-dealkylation sites (tertiary alicyclic amines) is 1. The predicted molar refractivity (Wildman–Crippen MR) is 91.9 cm³/mol. The van der Waals surface area contributed by atoms with E-state index >= 15 is 0 Å². The minimum atomic E-state index is -0.275. The monoisotopic (exact) mass is 356 g/mol. The van der Waals surface area contributed by atoms with Crippen molar-refractivity contribution in [2.45, 2.75) is 31.3 Å². The van der Waals surface area contributed by atoms with E-state index in [9.17, 15) is 14.4 Å². The van der Waals surface area contributed by atoms with Gasteiger partial charge in [0.05, 0.1) is 6.26 Å². The highest BCUT2D eigenvalue weighted by Crippen LogP contribution is 2.19. The van der Waals surface area contributed by atoms with Crippen LogP contribution in [0.5, 0.6) is 0 Å². The molecule has 3 heterocycles. The molecular formula is C18H20N4O4. The zero-order valence-electron chi connectivity index (χ0n) is 14.2. The van der Waals surface area contributed by atoms with Crippen molar-refractivity contribution in [1.29, 1.82) is 0 Å². The number of urea groups is 1. The number of aromatic nitrogens is 1. The summed E-state index contributed by atoms with van der Waals surface area (Å²) in [7, 11) is 0. The van der Waals surface area contributed by atoms with Crippen molar-refractivity contribution in [3.8, 4) is 0 Å². The summed E-state index contributed by atoms with van der Waals surface area (Å²) in [5.41, 5.74) is 0.726. The summed E-state index contributed by atoms with van der Waals surface area (Å²) >= 11 is 0. The summed E-state index contributed by atoms with van der Waals surface area (Å²) in [5, 5.41) is 5.79. The molecule has 4 rings (SSSR count). The van der Waals surface area contributed by atoms with Gasteiger partial charge in [-0.15, -0.1) is 0 Å². The third kappa shape index (κ3) is 3.49. The Morgan fingerprint density at radius 2 is 1.96 bits per heavy atom. The molecule has 1 saturated carbocycles. The average Bonchev–Trinajstić information content (AvgIpc) is 3.10. The van der Waals surface area contributed by atoms with Crippen LogP contribution < -0.4 is 10.6 Å². The predicted octanol–water partition coefficient (Wildman–Crippen LogP) is 1.51. The molecule has 1 saturated heterocycles. The second-order valence-electron chi connectivity index (χ2n) is 6.74. The highest BCUT2D eigenvalue weighted by atomic mass is 16.3. The first-order valence-electron chi connectivity index (χ1n) is 8.73. The van der Waals surface area contributed by atoms with Crippen LogP contribution in [0.2, 0.25) is 0 Å². The van der Waals surface area contributed by atoms with E-state index < -0.39 is 0 Å². The maximum absolute atomic E-state index is 12.6. The quantitative estimate of drug-likeness (QED) is 0.706. The third-order valence-corrected chi connectivity index (χ3v) is 4.64. The van der Waals surface area contributed by atoms with Crippen LogP contribution in [-0.2, 0) is 0 Å². The van der Waals surface area contributed by atoms with Crippen molar-refractivity contribution in [2.24, 2.45) is 0 Å². The lowest BCUT2D eigenvalue weighted by atomic mass is 10.1. The maximum atomic E-state index is 12.6. The van der Waals surface area contributed by atoms with Crippen molar-refractivity contribution in [3.05, 3.63) is 47.7 Å². The number of aromatic amines is 1. The number of nitrogens with one attached hydrogen (secondary N) is 3. The molecule has 0 aromatic carbocycles. The van der Waals surface area contributed by atoms with Gasteiger partial charge in [-0.3, -0.25) is 9.59 Å². The van der Waals surface area contributed by atoms with Gasteiger partial charge in [-0.1, -0.05) is 0 Å². The third-order valence-electron chi connectivity index (χ3n) is 4.64. The van der Waals surface area contributed by atoms with Gasteiger partial charge < -0.3 is 24.9 Å². The Balaban J connectivity index is 1.34. The minimum Gasteiger partial charge on any atom is -0.461 e. The number of hydrogen-bond acceptors (Lipinski definition) is 4. The summed E-state index contributed by atoms with van der Waals surface area (Å²) in [6.07, 6.45) is 5.72. The van der Waals surface area contributed by atoms with E-state index in [4.69, 9.17) is 4.42 Å². The van der Waals surface area contributed by atoms with Gasteiger partial charge in [-0.2, -0.15) is 0 Å². The first-order chi connectivity index (χ1) is 12.6. The Morgan fingerprint density at radius 3 is 2.69 bits per heavy atom. The molecule has 8 heteroatoms. The molecule has 8 nitrogen and oxygen atoms in total. The molecule has 2 aromatic heterocycles. The minimum absolute atomic E-state index is 0.0584. The van der Waals surface area contributed by atoms with E-state index in [2.05, 4.69) is 15.6 Å². The fraction of sp³-hybridized carbons (Fsp3) is 0.389. The molecule has 1 unspecified atom stereocenters. The van der Waals surface area contributed by atoms with Gasteiger partial charge >= 0.3 is 6.03 Å². The van der Waals surface area contributed by atoms with Gasteiger partial charge in [0.15, 0.2) is 5.76 Å². The molecular weight excluding hydrogens is 336 g/mol. The molecule has 26 heavy (non-hydrogen) atoms. The van der Waals surface area contributed by atoms with Crippen LogP contribution in [-0.4, -0.2) is 52.8 Å². The molecule has 1 aliphatic carbocycles. The van der Waals surface area contributed by atoms with E-state index in [0.717, 1.165) is 12.8 Å². The van der Waals surface area contributed by atoms with Crippen LogP contribution >= 0.6 is 0 Å². The van der Waals surface area contributed by atoms with Gasteiger partial charge in [-0.25, -0.2) is 4.79 Å². The number of H-pyrrole nitrogens is 1. The lowest BCUT2D eigenvalue weighted by molar-refractivity contribution is 0.0784. The number of amides is 3. The van der Waals surface area contributed by atoms with Gasteiger partial charge in [0.25, 0.3) is 5.91 Å². The Morgan fingerprint density at radius 1 is 1.15 bits per heavy atom. The van der Waals surface area contributed by atoms with Crippen molar-refractivity contribution >= 4 is 17.7 Å². The maximum Gasteiger partial charge on any atom is 0.315 e. The summed E-state index contributed by atoms with van der Waals surface area (Å²) in [4.78, 5) is 41.2. The Labute approximate surface area is 149 Å². The van der Waals surface area contributed by atoms with Crippen molar-refractivity contribution in [1.82, 2.24) is 20.5 Å². The molecule has 1 atom stereocenters. The zero-order chi connectivity index (χ0) is 18.1. The molecule has 3 N–H and O–H groups in total. The highest BCUT2D eigenvalue weighted by Gasteiger charge is 2.30. The lowest BCUT2D eigenvalue weighted by Gasteiger charge is -2.16. The van der Waals surface area contributed by atoms with E-state index in [1.54, 1.807) is 17.0 Å². The fourth-order valence-corrected chi connectivity index (χ4v) is 3.07. The van der Waals surface area contributed by atoms with Crippen molar-refractivity contribution in [3.63, 3.8) is 0 Å². The number of rotatable bonds is 5. The van der Waals surface area contributed by atoms with Crippen LogP contribution in [0.25, 0.3) is 0 Å². The molecule has 2 aliphatic rings. The lowest BCUT2D eigenvalue weighted by Crippen LogP contribution is -2.44. The van der Waals surface area contributed by atoms with E-state index in [-0.39, 0.29) is 29.5 Å². The fourth-order valence-electron chi connectivity index (χ4n) is 3.07. The normalized spacial score (nSPS) is 19.4. The Hall–Kier alpha value is -3.03. The second-order valence-corrected chi connectivity index (χ2v) is 6.74. The highest BCUT2D eigenvalue weighted by molar-refractivity contribution is 6.08. The number of carbonyl (C=O) groups excluding carboxylic acids is 3. The summed E-state index contributed by atoms with van der Waals surface area (Å²) in [6.45, 7) is 1.02. The number of ketones is 1. The molecule has 0 spiro atoms. The molecule has 2 aromatic rings. The smallest absolute Gasteiger partial charge is 0.315 e. The molecule has 2 fully saturated rings. The molecule has 3 amide bonds. The molecule has 1 aliphatic heterocycles. The van der Waals surface area contributed by atoms with Crippen LogP contribution in [0.3, 0.4) is 0 Å². The van der Waals surface area contributed by atoms with E-state index in [0.29, 0.717) is 36.8 Å². The van der Waals surface area contributed by atoms with Gasteiger partial charge in [0.1, 0.15) is 5.69 Å². The standard InChI is InChI=1S/C18H20N4O4/c23-16(15-2-1-7-26-15)11-8-14(19-9-11)17(24)22-6-5-13(10-22)21-18(25)20-12-3-4-12/h1-2,7-9,12-13,19H,3-6,10H2,(H2,20,21,25). The van der Waals surface area contributed by atoms with E-state index in [1.165, 1.54) is 18.5 Å². The van der Waals surface area contributed by atoms with Crippen molar-refractivity contribution in [2.75, 3.05) is 13.1 Å². The van der Waals surface area contributed by atoms with Crippen molar-refractivity contribution < 1.29 is 18.8 Å². The number of nitrogens with zero attached hydrogens (tertiary/aromatic N) is 1. The molecule has 0 radical (unpaired) electrons. The van der Waals surface area contributed by atoms with Gasteiger partial charge in [0.2, 0.25) is 5.78 Å². The Kier molecular flexibility index (Phi) is 4.24. The first-order valence-corrected chi connectivity index (χ1v) is 8.73. The largest absolute Gasteiger partial charge is 0.461 e. The summed E-state index contributed by atoms with van der Waals surface area (Å²) < 4.78 is 5.10. The number of hydrogen-bond donors (Lipinski definition) is 3. The molecule has 0 bridgehead atoms. The van der Waals surface area contributed by atoms with Crippen LogP contribution in [0.4, 0.5) is 4.79 Å². The van der Waals surface area contributed by atoms with Gasteiger partial charge in [0, 0.05) is 36.9 Å². The number of furan rings is 1. The summed E-state index contributed by atoms with van der Waals surface area (Å²) in [5.74, 6) is -0.228. The Bertz CT molecular complexity index is 822. The topological polar surface area (TPSA) is 107 Å². The zero-order valence-corrected chi connectivity index (χ0v) is 14.2.